The van der Waals surface area contributed by atoms with Gasteiger partial charge in [0.1, 0.15) is 6.61 Å². The number of hydrogen-bond donors (Lipinski definition) is 0. The average Bonchev–Trinajstić information content (AvgIpc) is 2.88. The van der Waals surface area contributed by atoms with E-state index in [1.165, 1.54) is 10.9 Å². The number of halogens is 2. The van der Waals surface area contributed by atoms with Crippen LogP contribution in [0.1, 0.15) is 16.7 Å². The maximum absolute atomic E-state index is 13.3. The normalized spacial score (nSPS) is 11.3. The Balaban J connectivity index is 1.49. The Labute approximate surface area is 218 Å². The van der Waals surface area contributed by atoms with E-state index in [0.717, 1.165) is 16.7 Å². The summed E-state index contributed by atoms with van der Waals surface area (Å²) in [6.07, 6.45) is 1.53. The molecule has 4 aromatic carbocycles. The second-order valence-corrected chi connectivity index (χ2v) is 9.09. The van der Waals surface area contributed by atoms with E-state index in [2.05, 4.69) is 5.10 Å². The number of ether oxygens (including phenoxy) is 1. The van der Waals surface area contributed by atoms with Gasteiger partial charge in [-0.3, -0.25) is 4.79 Å². The highest BCUT2D eigenvalue weighted by Crippen LogP contribution is 2.34. The predicted molar refractivity (Wildman–Crippen MR) is 146 cm³/mol. The molecule has 0 unspecified atom stereocenters. The van der Waals surface area contributed by atoms with Crippen molar-refractivity contribution in [1.29, 1.82) is 0 Å². The van der Waals surface area contributed by atoms with Crippen LogP contribution < -0.4 is 10.3 Å². The molecule has 0 fully saturated rings. The largest absolute Gasteiger partial charge is 0.486 e. The molecule has 0 radical (unpaired) electrons. The highest BCUT2D eigenvalue weighted by molar-refractivity contribution is 6.37. The van der Waals surface area contributed by atoms with Gasteiger partial charge < -0.3 is 4.74 Å². The fraction of sp³-hybridized carbons (Fsp3) is 0.0690. The molecular weight excluding hydrogens is 493 g/mol. The maximum Gasteiger partial charge on any atom is 0.282 e. The zero-order chi connectivity index (χ0) is 25.1. The van der Waals surface area contributed by atoms with Crippen molar-refractivity contribution in [2.45, 2.75) is 13.5 Å². The minimum atomic E-state index is -0.272. The summed E-state index contributed by atoms with van der Waals surface area (Å²) < 4.78 is 7.19. The van der Waals surface area contributed by atoms with E-state index in [4.69, 9.17) is 32.9 Å². The third-order valence-corrected chi connectivity index (χ3v) is 6.16. The quantitative estimate of drug-likeness (QED) is 0.226. The summed E-state index contributed by atoms with van der Waals surface area (Å²) in [4.78, 5) is 18.0. The van der Waals surface area contributed by atoms with Crippen molar-refractivity contribution in [3.63, 3.8) is 0 Å². The second kappa shape index (κ2) is 10.4. The molecule has 0 aliphatic carbocycles. The Kier molecular flexibility index (Phi) is 6.85. The summed E-state index contributed by atoms with van der Waals surface area (Å²) in [6.45, 7) is 2.37. The summed E-state index contributed by atoms with van der Waals surface area (Å²) in [5.41, 5.74) is 3.89. The van der Waals surface area contributed by atoms with Gasteiger partial charge in [-0.2, -0.15) is 9.78 Å². The third-order valence-electron chi connectivity index (χ3n) is 5.59. The molecule has 0 N–H and O–H groups in total. The molecule has 178 valence electrons. The first-order valence-electron chi connectivity index (χ1n) is 11.3. The molecule has 0 aliphatic heterocycles. The number of aryl methyl sites for hydroxylation is 1. The van der Waals surface area contributed by atoms with E-state index in [-0.39, 0.29) is 5.56 Å². The van der Waals surface area contributed by atoms with Crippen molar-refractivity contribution in [1.82, 2.24) is 9.66 Å². The fourth-order valence-electron chi connectivity index (χ4n) is 3.88. The second-order valence-electron chi connectivity index (χ2n) is 8.27. The molecule has 5 rings (SSSR count). The van der Waals surface area contributed by atoms with Crippen molar-refractivity contribution in [3.8, 4) is 17.1 Å². The molecule has 0 bridgehead atoms. The van der Waals surface area contributed by atoms with Crippen LogP contribution in [0.25, 0.3) is 22.3 Å². The molecule has 0 aliphatic rings. The van der Waals surface area contributed by atoms with E-state index in [1.54, 1.807) is 24.3 Å². The molecule has 0 saturated carbocycles. The number of nitrogens with zero attached hydrogens (tertiary/aromatic N) is 3. The van der Waals surface area contributed by atoms with E-state index in [0.29, 0.717) is 44.7 Å². The summed E-state index contributed by atoms with van der Waals surface area (Å²) in [5.74, 6) is 0.831. The van der Waals surface area contributed by atoms with Gasteiger partial charge in [-0.05, 0) is 42.3 Å². The first-order valence-corrected chi connectivity index (χ1v) is 12.0. The van der Waals surface area contributed by atoms with Crippen molar-refractivity contribution in [2.75, 3.05) is 0 Å². The Morgan fingerprint density at radius 1 is 0.917 bits per heavy atom. The van der Waals surface area contributed by atoms with Gasteiger partial charge in [0.15, 0.2) is 11.6 Å². The van der Waals surface area contributed by atoms with Crippen LogP contribution in [0.15, 0.2) is 101 Å². The van der Waals surface area contributed by atoms with Crippen molar-refractivity contribution < 1.29 is 4.74 Å². The SMILES string of the molecule is Cc1cccc(COc2c(Cl)cc(C=Nn3c(-c4ccccc4)nc4ccccc4c3=O)cc2Cl)c1. The van der Waals surface area contributed by atoms with Crippen LogP contribution in [0, 0.1) is 6.92 Å². The highest BCUT2D eigenvalue weighted by atomic mass is 35.5. The minimum absolute atomic E-state index is 0.272. The first kappa shape index (κ1) is 23.8. The van der Waals surface area contributed by atoms with Crippen LogP contribution in [-0.4, -0.2) is 15.9 Å². The lowest BCUT2D eigenvalue weighted by atomic mass is 10.1. The molecule has 0 amide bonds. The highest BCUT2D eigenvalue weighted by Gasteiger charge is 2.13. The van der Waals surface area contributed by atoms with Crippen molar-refractivity contribution in [3.05, 3.63) is 128 Å². The van der Waals surface area contributed by atoms with Crippen molar-refractivity contribution in [2.24, 2.45) is 5.10 Å². The molecule has 0 spiro atoms. The van der Waals surface area contributed by atoms with Crippen LogP contribution in [-0.2, 0) is 6.61 Å². The molecule has 0 saturated heterocycles. The van der Waals surface area contributed by atoms with Gasteiger partial charge in [-0.15, -0.1) is 0 Å². The standard InChI is InChI=1S/C29H21Cl2N3O2/c1-19-8-7-9-20(14-19)18-36-27-24(30)15-21(16-25(27)31)17-32-34-28(22-10-3-2-4-11-22)33-26-13-6-5-12-23(26)29(34)35/h2-17H,18H2,1H3. The first-order chi connectivity index (χ1) is 17.5. The zero-order valence-corrected chi connectivity index (χ0v) is 20.9. The lowest BCUT2D eigenvalue weighted by Crippen LogP contribution is -2.20. The molecule has 5 aromatic rings. The van der Waals surface area contributed by atoms with Gasteiger partial charge in [0.2, 0.25) is 0 Å². The van der Waals surface area contributed by atoms with Crippen LogP contribution in [0.4, 0.5) is 0 Å². The van der Waals surface area contributed by atoms with Crippen molar-refractivity contribution >= 4 is 40.3 Å². The monoisotopic (exact) mass is 513 g/mol. The molecule has 1 heterocycles. The lowest BCUT2D eigenvalue weighted by Gasteiger charge is -2.12. The Morgan fingerprint density at radius 3 is 2.39 bits per heavy atom. The molecular formula is C29H21Cl2N3O2. The maximum atomic E-state index is 13.3. The summed E-state index contributed by atoms with van der Waals surface area (Å²) in [6, 6.07) is 28.1. The number of hydrogen-bond acceptors (Lipinski definition) is 4. The summed E-state index contributed by atoms with van der Waals surface area (Å²) in [7, 11) is 0. The third kappa shape index (κ3) is 5.03. The Hall–Kier alpha value is -3.93. The van der Waals surface area contributed by atoms with E-state index in [9.17, 15) is 4.79 Å². The number of aromatic nitrogens is 2. The molecule has 0 atom stereocenters. The average molecular weight is 514 g/mol. The number of benzene rings is 4. The molecule has 1 aromatic heterocycles. The summed E-state index contributed by atoms with van der Waals surface area (Å²) >= 11 is 13.0. The number of para-hydroxylation sites is 1. The lowest BCUT2D eigenvalue weighted by molar-refractivity contribution is 0.306. The van der Waals surface area contributed by atoms with Gasteiger partial charge in [-0.25, -0.2) is 4.98 Å². The Morgan fingerprint density at radius 2 is 1.64 bits per heavy atom. The minimum Gasteiger partial charge on any atom is -0.486 e. The fourth-order valence-corrected chi connectivity index (χ4v) is 4.49. The Bertz CT molecular complexity index is 1620. The van der Waals surface area contributed by atoms with E-state index < -0.39 is 0 Å². The van der Waals surface area contributed by atoms with Gasteiger partial charge in [0.25, 0.3) is 5.56 Å². The summed E-state index contributed by atoms with van der Waals surface area (Å²) in [5, 5.41) is 5.65. The van der Waals surface area contributed by atoms with Crippen LogP contribution in [0.3, 0.4) is 0 Å². The van der Waals surface area contributed by atoms with Gasteiger partial charge in [0.05, 0.1) is 27.2 Å². The van der Waals surface area contributed by atoms with Crippen LogP contribution in [0.5, 0.6) is 5.75 Å². The molecule has 36 heavy (non-hydrogen) atoms. The zero-order valence-electron chi connectivity index (χ0n) is 19.4. The topological polar surface area (TPSA) is 56.5 Å². The van der Waals surface area contributed by atoms with E-state index in [1.807, 2.05) is 73.7 Å². The van der Waals surface area contributed by atoms with Crippen LogP contribution in [0.2, 0.25) is 10.0 Å². The number of rotatable bonds is 6. The van der Waals surface area contributed by atoms with Gasteiger partial charge in [-0.1, -0.05) is 95.5 Å². The van der Waals surface area contributed by atoms with Gasteiger partial charge in [0, 0.05) is 5.56 Å². The molecule has 7 heteroatoms. The smallest absolute Gasteiger partial charge is 0.282 e. The number of fused-ring (bicyclic) bond motifs is 1. The van der Waals surface area contributed by atoms with Crippen LogP contribution >= 0.6 is 23.2 Å². The molecule has 5 nitrogen and oxygen atoms in total. The van der Waals surface area contributed by atoms with E-state index >= 15 is 0 Å². The van der Waals surface area contributed by atoms with Gasteiger partial charge >= 0.3 is 0 Å². The predicted octanol–water partition coefficient (Wildman–Crippen LogP) is 7.14.